The number of hydrogen-bond donors (Lipinski definition) is 2. The zero-order valence-corrected chi connectivity index (χ0v) is 17.9. The van der Waals surface area contributed by atoms with Crippen molar-refractivity contribution < 1.29 is 14.7 Å². The molecule has 0 aromatic heterocycles. The molecule has 2 atom stereocenters. The van der Waals surface area contributed by atoms with E-state index in [2.05, 4.69) is 18.8 Å². The van der Waals surface area contributed by atoms with Crippen LogP contribution in [0.3, 0.4) is 0 Å². The van der Waals surface area contributed by atoms with Crippen molar-refractivity contribution in [2.45, 2.75) is 72.6 Å². The van der Waals surface area contributed by atoms with Crippen LogP contribution in [0.4, 0.5) is 0 Å². The molecule has 0 amide bonds. The summed E-state index contributed by atoms with van der Waals surface area (Å²) < 4.78 is 0. The maximum atomic E-state index is 13.0. The molecule has 0 aromatic rings. The Kier molecular flexibility index (Phi) is 7.85. The maximum Gasteiger partial charge on any atom is 0.233 e. The zero-order chi connectivity index (χ0) is 20.8. The summed E-state index contributed by atoms with van der Waals surface area (Å²) in [5.41, 5.74) is 3.30. The van der Waals surface area contributed by atoms with Crippen LogP contribution in [0.2, 0.25) is 0 Å². The van der Waals surface area contributed by atoms with Gasteiger partial charge in [-0.05, 0) is 45.4 Å². The summed E-state index contributed by atoms with van der Waals surface area (Å²) in [4.78, 5) is 26.0. The third-order valence-electron chi connectivity index (χ3n) is 5.81. The Morgan fingerprint density at radius 2 is 1.93 bits per heavy atom. The van der Waals surface area contributed by atoms with E-state index in [1.807, 2.05) is 26.8 Å². The predicted molar refractivity (Wildman–Crippen MR) is 114 cm³/mol. The fraction of sp³-hybridized carbons (Fsp3) is 0.583. The van der Waals surface area contributed by atoms with Gasteiger partial charge in [-0.3, -0.25) is 9.59 Å². The molecule has 0 aliphatic heterocycles. The van der Waals surface area contributed by atoms with Crippen molar-refractivity contribution in [2.24, 2.45) is 11.8 Å². The van der Waals surface area contributed by atoms with Crippen LogP contribution in [0.5, 0.6) is 0 Å². The molecule has 0 unspecified atom stereocenters. The number of aliphatic hydroxyl groups excluding tert-OH is 1. The highest BCUT2D eigenvalue weighted by atomic mass is 16.3. The van der Waals surface area contributed by atoms with Crippen molar-refractivity contribution >= 4 is 11.6 Å². The molecule has 2 aliphatic carbocycles. The highest BCUT2D eigenvalue weighted by Crippen LogP contribution is 2.41. The first kappa shape index (κ1) is 22.2. The van der Waals surface area contributed by atoms with Crippen LogP contribution < -0.4 is 5.32 Å². The Hall–Kier alpha value is -2.10. The van der Waals surface area contributed by atoms with Crippen molar-refractivity contribution in [1.29, 1.82) is 0 Å². The third-order valence-corrected chi connectivity index (χ3v) is 5.81. The van der Waals surface area contributed by atoms with Gasteiger partial charge in [0.15, 0.2) is 0 Å². The van der Waals surface area contributed by atoms with Crippen molar-refractivity contribution in [3.63, 3.8) is 0 Å². The average Bonchev–Trinajstić information content (AvgIpc) is 2.65. The fourth-order valence-corrected chi connectivity index (χ4v) is 4.24. The van der Waals surface area contributed by atoms with Gasteiger partial charge in [0, 0.05) is 18.0 Å². The van der Waals surface area contributed by atoms with Gasteiger partial charge in [-0.2, -0.15) is 0 Å². The average molecular weight is 386 g/mol. The van der Waals surface area contributed by atoms with Crippen LogP contribution in [0.15, 0.2) is 46.4 Å². The molecule has 0 spiro atoms. The second-order valence-electron chi connectivity index (χ2n) is 8.19. The van der Waals surface area contributed by atoms with Gasteiger partial charge in [-0.25, -0.2) is 0 Å². The Bertz CT molecular complexity index is 739. The van der Waals surface area contributed by atoms with Crippen LogP contribution in [-0.2, 0) is 9.59 Å². The second-order valence-corrected chi connectivity index (χ2v) is 8.19. The lowest BCUT2D eigenvalue weighted by atomic mass is 9.70. The van der Waals surface area contributed by atoms with E-state index in [-0.39, 0.29) is 23.2 Å². The molecule has 2 rings (SSSR count). The van der Waals surface area contributed by atoms with E-state index in [9.17, 15) is 14.7 Å². The Balaban J connectivity index is 2.52. The van der Waals surface area contributed by atoms with E-state index in [0.29, 0.717) is 24.2 Å². The highest BCUT2D eigenvalue weighted by molar-refractivity contribution is 6.50. The minimum atomic E-state index is -0.553. The summed E-state index contributed by atoms with van der Waals surface area (Å²) in [5, 5.41) is 14.4. The number of allylic oxidation sites excluding steroid dienone is 5. The summed E-state index contributed by atoms with van der Waals surface area (Å²) in [6.45, 7) is 12.9. The number of Topliss-reactive ketones (excluding diaryl/α,β-unsaturated/α-hetero) is 2. The second kappa shape index (κ2) is 9.90. The summed E-state index contributed by atoms with van der Waals surface area (Å²) in [5.74, 6) is -1.29. The quantitative estimate of drug-likeness (QED) is 0.243. The molecule has 4 nitrogen and oxygen atoms in total. The zero-order valence-electron chi connectivity index (χ0n) is 17.9. The third kappa shape index (κ3) is 4.65. The van der Waals surface area contributed by atoms with Gasteiger partial charge in [-0.1, -0.05) is 56.9 Å². The van der Waals surface area contributed by atoms with E-state index < -0.39 is 11.6 Å². The van der Waals surface area contributed by atoms with Gasteiger partial charge in [0.05, 0.1) is 11.3 Å². The van der Waals surface area contributed by atoms with E-state index in [4.69, 9.17) is 0 Å². The molecule has 0 bridgehead atoms. The van der Waals surface area contributed by atoms with Crippen LogP contribution in [0, 0.1) is 11.8 Å². The molecule has 0 saturated heterocycles. The lowest BCUT2D eigenvalue weighted by Gasteiger charge is -2.33. The SMILES string of the molecule is C=C(C)[C@@H]1CCC(C)=C[C@H]1C1=C(O)C(NCCCCC)=C(CCC)C(=O)C1=O. The Morgan fingerprint density at radius 1 is 1.21 bits per heavy atom. The number of rotatable bonds is 9. The first-order valence-electron chi connectivity index (χ1n) is 10.7. The lowest BCUT2D eigenvalue weighted by molar-refractivity contribution is -0.133. The number of carbonyl (C=O) groups excluding carboxylic acids is 2. The van der Waals surface area contributed by atoms with Gasteiger partial charge >= 0.3 is 0 Å². The number of ketones is 2. The Labute approximate surface area is 169 Å². The van der Waals surface area contributed by atoms with Gasteiger partial charge < -0.3 is 10.4 Å². The molecule has 28 heavy (non-hydrogen) atoms. The van der Waals surface area contributed by atoms with Crippen molar-refractivity contribution in [3.8, 4) is 0 Å². The number of aliphatic hydroxyl groups is 1. The largest absolute Gasteiger partial charge is 0.505 e. The van der Waals surface area contributed by atoms with Crippen molar-refractivity contribution in [2.75, 3.05) is 6.54 Å². The monoisotopic (exact) mass is 385 g/mol. The standard InChI is InChI=1S/C24H35NO3/c1-6-8-9-13-25-21-18(10-7-2)22(26)24(28)20(23(21)27)19-14-16(5)11-12-17(19)15(3)4/h14,17,19,25,27H,3,6-13H2,1-2,4-5H3/t17-,19+/m0/s1. The normalized spacial score (nSPS) is 23.2. The maximum absolute atomic E-state index is 13.0. The fourth-order valence-electron chi connectivity index (χ4n) is 4.24. The minimum Gasteiger partial charge on any atom is -0.505 e. The summed E-state index contributed by atoms with van der Waals surface area (Å²) in [6, 6.07) is 0. The van der Waals surface area contributed by atoms with E-state index in [0.717, 1.165) is 44.1 Å². The Morgan fingerprint density at radius 3 is 2.54 bits per heavy atom. The molecule has 0 aromatic carbocycles. The number of unbranched alkanes of at least 4 members (excludes halogenated alkanes) is 2. The van der Waals surface area contributed by atoms with Gasteiger partial charge in [0.1, 0.15) is 5.76 Å². The van der Waals surface area contributed by atoms with Crippen LogP contribution >= 0.6 is 0 Å². The minimum absolute atomic E-state index is 0.0354. The highest BCUT2D eigenvalue weighted by Gasteiger charge is 2.41. The molecule has 4 heteroatoms. The first-order chi connectivity index (χ1) is 13.3. The number of hydrogen-bond acceptors (Lipinski definition) is 4. The smallest absolute Gasteiger partial charge is 0.233 e. The van der Waals surface area contributed by atoms with Crippen LogP contribution in [-0.4, -0.2) is 23.2 Å². The number of carbonyl (C=O) groups is 2. The molecular formula is C24H35NO3. The summed E-state index contributed by atoms with van der Waals surface area (Å²) in [7, 11) is 0. The van der Waals surface area contributed by atoms with E-state index in [1.54, 1.807) is 0 Å². The summed E-state index contributed by atoms with van der Waals surface area (Å²) >= 11 is 0. The van der Waals surface area contributed by atoms with Gasteiger partial charge in [-0.15, -0.1) is 0 Å². The first-order valence-corrected chi connectivity index (χ1v) is 10.7. The molecule has 154 valence electrons. The van der Waals surface area contributed by atoms with Gasteiger partial charge in [0.25, 0.3) is 0 Å². The molecule has 2 aliphatic rings. The van der Waals surface area contributed by atoms with E-state index >= 15 is 0 Å². The van der Waals surface area contributed by atoms with Crippen molar-refractivity contribution in [1.82, 2.24) is 5.32 Å². The molecule has 0 heterocycles. The molecular weight excluding hydrogens is 350 g/mol. The molecule has 0 radical (unpaired) electrons. The topological polar surface area (TPSA) is 66.4 Å². The van der Waals surface area contributed by atoms with Crippen molar-refractivity contribution in [3.05, 3.63) is 46.4 Å². The molecule has 0 saturated carbocycles. The lowest BCUT2D eigenvalue weighted by Crippen LogP contribution is -2.36. The van der Waals surface area contributed by atoms with Crippen LogP contribution in [0.1, 0.15) is 72.6 Å². The molecule has 0 fully saturated rings. The van der Waals surface area contributed by atoms with Gasteiger partial charge in [0.2, 0.25) is 11.6 Å². The summed E-state index contributed by atoms with van der Waals surface area (Å²) in [6.07, 6.45) is 8.24. The number of nitrogens with one attached hydrogen (secondary N) is 1. The van der Waals surface area contributed by atoms with Crippen LogP contribution in [0.25, 0.3) is 0 Å². The predicted octanol–water partition coefficient (Wildman–Crippen LogP) is 5.33. The molecule has 2 N–H and O–H groups in total. The van der Waals surface area contributed by atoms with E-state index in [1.165, 1.54) is 5.57 Å².